The minimum Gasteiger partial charge on any atom is -0.393 e. The Labute approximate surface area is 143 Å². The van der Waals surface area contributed by atoms with Gasteiger partial charge in [-0.05, 0) is 49.1 Å². The van der Waals surface area contributed by atoms with Crippen LogP contribution in [0, 0.1) is 5.82 Å². The molecule has 2 N–H and O–H groups in total. The van der Waals surface area contributed by atoms with E-state index in [1.54, 1.807) is 12.1 Å². The van der Waals surface area contributed by atoms with Gasteiger partial charge in [0, 0.05) is 31.4 Å². The molecule has 4 heteroatoms. The van der Waals surface area contributed by atoms with E-state index in [-0.39, 0.29) is 18.0 Å². The molecule has 1 saturated heterocycles. The highest BCUT2D eigenvalue weighted by molar-refractivity contribution is 5.52. The molecule has 1 atom stereocenters. The van der Waals surface area contributed by atoms with E-state index in [9.17, 15) is 9.50 Å². The number of piperidine rings is 1. The Bertz CT molecular complexity index is 668. The zero-order chi connectivity index (χ0) is 16.9. The first-order valence-corrected chi connectivity index (χ1v) is 8.62. The van der Waals surface area contributed by atoms with Crippen LogP contribution in [0.15, 0.2) is 48.5 Å². The molecule has 1 fully saturated rings. The van der Waals surface area contributed by atoms with Crippen LogP contribution < -0.4 is 5.32 Å². The molecule has 0 aliphatic carbocycles. The van der Waals surface area contributed by atoms with Gasteiger partial charge in [-0.25, -0.2) is 4.39 Å². The van der Waals surface area contributed by atoms with Crippen molar-refractivity contribution in [3.63, 3.8) is 0 Å². The smallest absolute Gasteiger partial charge is 0.123 e. The Kier molecular flexibility index (Phi) is 5.48. The number of nitrogens with one attached hydrogen (secondary N) is 1. The van der Waals surface area contributed by atoms with Crippen LogP contribution in [-0.4, -0.2) is 29.2 Å². The maximum absolute atomic E-state index is 13.4. The van der Waals surface area contributed by atoms with Crippen molar-refractivity contribution in [2.24, 2.45) is 0 Å². The second-order valence-corrected chi connectivity index (χ2v) is 6.59. The summed E-state index contributed by atoms with van der Waals surface area (Å²) in [5.74, 6) is -0.207. The maximum Gasteiger partial charge on any atom is 0.123 e. The van der Waals surface area contributed by atoms with Crippen LogP contribution in [0.5, 0.6) is 0 Å². The Morgan fingerprint density at radius 1 is 1.17 bits per heavy atom. The summed E-state index contributed by atoms with van der Waals surface area (Å²) in [6, 6.07) is 15.0. The predicted molar refractivity (Wildman–Crippen MR) is 95.4 cm³/mol. The Morgan fingerprint density at radius 3 is 2.67 bits per heavy atom. The van der Waals surface area contributed by atoms with E-state index in [0.29, 0.717) is 0 Å². The highest BCUT2D eigenvalue weighted by atomic mass is 19.1. The first-order chi connectivity index (χ1) is 11.6. The van der Waals surface area contributed by atoms with E-state index in [4.69, 9.17) is 0 Å². The first kappa shape index (κ1) is 16.9. The van der Waals surface area contributed by atoms with Crippen molar-refractivity contribution < 1.29 is 9.50 Å². The summed E-state index contributed by atoms with van der Waals surface area (Å²) in [7, 11) is 0. The highest BCUT2D eigenvalue weighted by Crippen LogP contribution is 2.25. The third-order valence-electron chi connectivity index (χ3n) is 4.69. The predicted octanol–water partition coefficient (Wildman–Crippen LogP) is 3.96. The molecule has 2 aromatic carbocycles. The van der Waals surface area contributed by atoms with Crippen molar-refractivity contribution in [2.45, 2.75) is 38.5 Å². The van der Waals surface area contributed by atoms with Gasteiger partial charge in [0.1, 0.15) is 5.82 Å². The van der Waals surface area contributed by atoms with E-state index < -0.39 is 0 Å². The van der Waals surface area contributed by atoms with E-state index in [0.717, 1.165) is 43.7 Å². The standard InChI is InChI=1S/C20H25FN2O/c1-15(16-6-4-7-18(21)13-16)22-20-8-3-2-5-17(20)14-23-11-9-19(24)10-12-23/h2-8,13,15,19,22,24H,9-12,14H2,1H3. The van der Waals surface area contributed by atoms with Gasteiger partial charge in [-0.15, -0.1) is 0 Å². The summed E-state index contributed by atoms with van der Waals surface area (Å²) in [6.07, 6.45) is 1.53. The molecule has 1 aliphatic heterocycles. The van der Waals surface area contributed by atoms with Gasteiger partial charge in [0.15, 0.2) is 0 Å². The topological polar surface area (TPSA) is 35.5 Å². The van der Waals surface area contributed by atoms with E-state index in [1.165, 1.54) is 11.6 Å². The third kappa shape index (κ3) is 4.34. The zero-order valence-electron chi connectivity index (χ0n) is 14.1. The minimum absolute atomic E-state index is 0.0324. The molecule has 0 radical (unpaired) electrons. The molecule has 128 valence electrons. The average molecular weight is 328 g/mol. The van der Waals surface area contributed by atoms with E-state index in [1.807, 2.05) is 25.1 Å². The molecule has 0 spiro atoms. The van der Waals surface area contributed by atoms with Crippen molar-refractivity contribution >= 4 is 5.69 Å². The second-order valence-electron chi connectivity index (χ2n) is 6.59. The lowest BCUT2D eigenvalue weighted by atomic mass is 10.0. The lowest BCUT2D eigenvalue weighted by Crippen LogP contribution is -2.35. The van der Waals surface area contributed by atoms with E-state index in [2.05, 4.69) is 22.3 Å². The fraction of sp³-hybridized carbons (Fsp3) is 0.400. The summed E-state index contributed by atoms with van der Waals surface area (Å²) in [4.78, 5) is 2.38. The van der Waals surface area contributed by atoms with Gasteiger partial charge < -0.3 is 10.4 Å². The van der Waals surface area contributed by atoms with Gasteiger partial charge in [0.2, 0.25) is 0 Å². The van der Waals surface area contributed by atoms with Gasteiger partial charge in [-0.3, -0.25) is 4.90 Å². The van der Waals surface area contributed by atoms with Crippen LogP contribution in [0.3, 0.4) is 0 Å². The number of para-hydroxylation sites is 1. The lowest BCUT2D eigenvalue weighted by molar-refractivity contribution is 0.0793. The number of halogens is 1. The van der Waals surface area contributed by atoms with Crippen molar-refractivity contribution in [2.75, 3.05) is 18.4 Å². The number of hydrogen-bond acceptors (Lipinski definition) is 3. The molecule has 0 amide bonds. The number of aliphatic hydroxyl groups is 1. The summed E-state index contributed by atoms with van der Waals surface area (Å²) < 4.78 is 13.4. The van der Waals surface area contributed by atoms with Crippen LogP contribution in [0.4, 0.5) is 10.1 Å². The number of nitrogens with zero attached hydrogens (tertiary/aromatic N) is 1. The summed E-state index contributed by atoms with van der Waals surface area (Å²) >= 11 is 0. The number of aliphatic hydroxyl groups excluding tert-OH is 1. The number of benzene rings is 2. The summed E-state index contributed by atoms with van der Waals surface area (Å²) in [6.45, 7) is 4.76. The van der Waals surface area contributed by atoms with Gasteiger partial charge >= 0.3 is 0 Å². The van der Waals surface area contributed by atoms with Crippen molar-refractivity contribution in [3.8, 4) is 0 Å². The van der Waals surface area contributed by atoms with Crippen LogP contribution in [0.2, 0.25) is 0 Å². The van der Waals surface area contributed by atoms with Crippen LogP contribution in [0.25, 0.3) is 0 Å². The molecule has 1 heterocycles. The second kappa shape index (κ2) is 7.77. The largest absolute Gasteiger partial charge is 0.393 e. The van der Waals surface area contributed by atoms with Gasteiger partial charge in [0.25, 0.3) is 0 Å². The van der Waals surface area contributed by atoms with Crippen molar-refractivity contribution in [1.82, 2.24) is 4.90 Å². The Balaban J connectivity index is 1.69. The molecule has 0 aromatic heterocycles. The highest BCUT2D eigenvalue weighted by Gasteiger charge is 2.18. The summed E-state index contributed by atoms with van der Waals surface area (Å²) in [5.41, 5.74) is 3.25. The lowest BCUT2D eigenvalue weighted by Gasteiger charge is -2.30. The molecule has 24 heavy (non-hydrogen) atoms. The molecule has 3 nitrogen and oxygen atoms in total. The van der Waals surface area contributed by atoms with Crippen LogP contribution in [-0.2, 0) is 6.54 Å². The molecule has 3 rings (SSSR count). The first-order valence-electron chi connectivity index (χ1n) is 8.62. The molecule has 1 unspecified atom stereocenters. The molecule has 0 bridgehead atoms. The molecular formula is C20H25FN2O. The number of likely N-dealkylation sites (tertiary alicyclic amines) is 1. The third-order valence-corrected chi connectivity index (χ3v) is 4.69. The fourth-order valence-electron chi connectivity index (χ4n) is 3.21. The van der Waals surface area contributed by atoms with Crippen molar-refractivity contribution in [3.05, 3.63) is 65.5 Å². The number of rotatable bonds is 5. The Morgan fingerprint density at radius 2 is 1.92 bits per heavy atom. The SMILES string of the molecule is CC(Nc1ccccc1CN1CCC(O)CC1)c1cccc(F)c1. The van der Waals surface area contributed by atoms with Crippen LogP contribution >= 0.6 is 0 Å². The normalized spacial score (nSPS) is 17.6. The van der Waals surface area contributed by atoms with Crippen LogP contribution in [0.1, 0.15) is 36.9 Å². The fourth-order valence-corrected chi connectivity index (χ4v) is 3.21. The number of anilines is 1. The minimum atomic E-state index is -0.207. The maximum atomic E-state index is 13.4. The summed E-state index contributed by atoms with van der Waals surface area (Å²) in [5, 5.41) is 13.2. The molecule has 2 aromatic rings. The van der Waals surface area contributed by atoms with Gasteiger partial charge in [-0.2, -0.15) is 0 Å². The van der Waals surface area contributed by atoms with Crippen molar-refractivity contribution in [1.29, 1.82) is 0 Å². The molecular weight excluding hydrogens is 303 g/mol. The molecule has 1 aliphatic rings. The quantitative estimate of drug-likeness (QED) is 0.872. The monoisotopic (exact) mass is 328 g/mol. The van der Waals surface area contributed by atoms with Gasteiger partial charge in [0.05, 0.1) is 6.10 Å². The van der Waals surface area contributed by atoms with Gasteiger partial charge in [-0.1, -0.05) is 30.3 Å². The van der Waals surface area contributed by atoms with E-state index >= 15 is 0 Å². The Hall–Kier alpha value is -1.91. The average Bonchev–Trinajstić information content (AvgIpc) is 2.58. The zero-order valence-corrected chi connectivity index (χ0v) is 14.1. The molecule has 0 saturated carbocycles. The number of hydrogen-bond donors (Lipinski definition) is 2.